The lowest BCUT2D eigenvalue weighted by atomic mass is 10.2. The monoisotopic (exact) mass is 452 g/mol. The quantitative estimate of drug-likeness (QED) is 0.380. The van der Waals surface area contributed by atoms with Gasteiger partial charge < -0.3 is 15.4 Å². The molecule has 0 aliphatic heterocycles. The Morgan fingerprint density at radius 2 is 1.64 bits per heavy atom. The summed E-state index contributed by atoms with van der Waals surface area (Å²) >= 11 is 2.24. The summed E-state index contributed by atoms with van der Waals surface area (Å²) in [5, 5.41) is 5.98. The van der Waals surface area contributed by atoms with E-state index in [1.807, 2.05) is 48.5 Å². The summed E-state index contributed by atoms with van der Waals surface area (Å²) in [7, 11) is 0. The van der Waals surface area contributed by atoms with Crippen LogP contribution < -0.4 is 15.4 Å². The van der Waals surface area contributed by atoms with Gasteiger partial charge in [0, 0.05) is 14.9 Å². The Bertz CT molecular complexity index is 642. The summed E-state index contributed by atoms with van der Waals surface area (Å²) in [5.74, 6) is 0.794. The number of ether oxygens (including phenoxy) is 1. The molecule has 0 aromatic heterocycles. The average Bonchev–Trinajstić information content (AvgIpc) is 2.63. The second kappa shape index (κ2) is 11.0. The summed E-state index contributed by atoms with van der Waals surface area (Å²) in [5.41, 5.74) is 1.70. The Morgan fingerprint density at radius 1 is 0.960 bits per heavy atom. The van der Waals surface area contributed by atoms with E-state index in [1.54, 1.807) is 0 Å². The summed E-state index contributed by atoms with van der Waals surface area (Å²) in [6.07, 6.45) is 4.80. The van der Waals surface area contributed by atoms with Crippen LogP contribution in [0.1, 0.15) is 32.6 Å². The Kier molecular flexibility index (Phi) is 8.59. The molecule has 0 unspecified atom stereocenters. The van der Waals surface area contributed by atoms with Crippen molar-refractivity contribution in [3.63, 3.8) is 0 Å². The van der Waals surface area contributed by atoms with E-state index in [9.17, 15) is 4.79 Å². The van der Waals surface area contributed by atoms with Crippen molar-refractivity contribution in [1.29, 1.82) is 0 Å². The Morgan fingerprint density at radius 3 is 2.32 bits per heavy atom. The standard InChI is InChI=1S/C20H25IN2O2/c1-2-3-4-5-14-25-19-12-10-17(11-13-19)22-15-20(24)23-18-8-6-16(21)7-9-18/h6-13,22H,2-5,14-15H2,1H3,(H,23,24). The van der Waals surface area contributed by atoms with Gasteiger partial charge in [0.25, 0.3) is 0 Å². The smallest absolute Gasteiger partial charge is 0.243 e. The van der Waals surface area contributed by atoms with Gasteiger partial charge in [-0.25, -0.2) is 0 Å². The first-order valence-electron chi connectivity index (χ1n) is 8.69. The Hall–Kier alpha value is -1.76. The molecule has 0 fully saturated rings. The highest BCUT2D eigenvalue weighted by molar-refractivity contribution is 14.1. The highest BCUT2D eigenvalue weighted by Gasteiger charge is 2.03. The second-order valence-corrected chi connectivity index (χ2v) is 7.09. The van der Waals surface area contributed by atoms with Gasteiger partial charge in [-0.05, 0) is 77.5 Å². The molecule has 2 N–H and O–H groups in total. The third-order valence-electron chi connectivity index (χ3n) is 3.70. The summed E-state index contributed by atoms with van der Waals surface area (Å²) < 4.78 is 6.85. The number of unbranched alkanes of at least 4 members (excludes halogenated alkanes) is 3. The van der Waals surface area contributed by atoms with Crippen LogP contribution in [0.5, 0.6) is 5.75 Å². The zero-order chi connectivity index (χ0) is 17.9. The molecule has 134 valence electrons. The number of anilines is 2. The lowest BCUT2D eigenvalue weighted by molar-refractivity contribution is -0.114. The first kappa shape index (κ1) is 19.6. The average molecular weight is 452 g/mol. The number of nitrogens with one attached hydrogen (secondary N) is 2. The minimum atomic E-state index is -0.0718. The Labute approximate surface area is 163 Å². The van der Waals surface area contributed by atoms with Gasteiger partial charge in [-0.3, -0.25) is 4.79 Å². The normalized spacial score (nSPS) is 10.3. The van der Waals surface area contributed by atoms with Crippen LogP contribution in [0, 0.1) is 3.57 Å². The number of benzene rings is 2. The minimum absolute atomic E-state index is 0.0718. The molecule has 2 aromatic carbocycles. The maximum atomic E-state index is 12.0. The van der Waals surface area contributed by atoms with Crippen LogP contribution in [-0.2, 0) is 4.79 Å². The number of hydrogen-bond donors (Lipinski definition) is 2. The SMILES string of the molecule is CCCCCCOc1ccc(NCC(=O)Nc2ccc(I)cc2)cc1. The van der Waals surface area contributed by atoms with Gasteiger partial charge in [-0.15, -0.1) is 0 Å². The fourth-order valence-electron chi connectivity index (χ4n) is 2.31. The number of halogens is 1. The van der Waals surface area contributed by atoms with Crippen molar-refractivity contribution in [3.05, 3.63) is 52.1 Å². The molecule has 0 aliphatic carbocycles. The van der Waals surface area contributed by atoms with Gasteiger partial charge in [-0.1, -0.05) is 26.2 Å². The van der Waals surface area contributed by atoms with Gasteiger partial charge in [0.1, 0.15) is 5.75 Å². The third kappa shape index (κ3) is 7.77. The number of amides is 1. The fraction of sp³-hybridized carbons (Fsp3) is 0.350. The summed E-state index contributed by atoms with van der Waals surface area (Å²) in [6, 6.07) is 15.4. The number of carbonyl (C=O) groups is 1. The second-order valence-electron chi connectivity index (χ2n) is 5.84. The summed E-state index contributed by atoms with van der Waals surface area (Å²) in [4.78, 5) is 12.0. The van der Waals surface area contributed by atoms with E-state index in [0.29, 0.717) is 0 Å². The molecule has 4 nitrogen and oxygen atoms in total. The predicted molar refractivity (Wildman–Crippen MR) is 112 cm³/mol. The van der Waals surface area contributed by atoms with Crippen molar-refractivity contribution >= 4 is 39.9 Å². The molecular weight excluding hydrogens is 427 g/mol. The van der Waals surface area contributed by atoms with E-state index in [2.05, 4.69) is 40.1 Å². The maximum Gasteiger partial charge on any atom is 0.243 e. The van der Waals surface area contributed by atoms with Crippen molar-refractivity contribution in [3.8, 4) is 5.75 Å². The molecule has 0 bridgehead atoms. The molecule has 5 heteroatoms. The third-order valence-corrected chi connectivity index (χ3v) is 4.42. The van der Waals surface area contributed by atoms with Crippen LogP contribution >= 0.6 is 22.6 Å². The van der Waals surface area contributed by atoms with Crippen LogP contribution in [0.4, 0.5) is 11.4 Å². The van der Waals surface area contributed by atoms with Gasteiger partial charge in [-0.2, -0.15) is 0 Å². The predicted octanol–water partition coefficient (Wildman–Crippen LogP) is 5.30. The molecule has 0 aliphatic rings. The van der Waals surface area contributed by atoms with E-state index >= 15 is 0 Å². The topological polar surface area (TPSA) is 50.4 Å². The molecule has 2 rings (SSSR count). The van der Waals surface area contributed by atoms with E-state index in [-0.39, 0.29) is 12.5 Å². The van der Waals surface area contributed by atoms with Crippen LogP contribution in [0.25, 0.3) is 0 Å². The van der Waals surface area contributed by atoms with Crippen molar-refractivity contribution in [2.45, 2.75) is 32.6 Å². The van der Waals surface area contributed by atoms with E-state index < -0.39 is 0 Å². The van der Waals surface area contributed by atoms with Gasteiger partial charge in [0.15, 0.2) is 0 Å². The number of rotatable bonds is 10. The zero-order valence-corrected chi connectivity index (χ0v) is 16.7. The van der Waals surface area contributed by atoms with Crippen molar-refractivity contribution in [1.82, 2.24) is 0 Å². The minimum Gasteiger partial charge on any atom is -0.494 e. The molecule has 2 aromatic rings. The van der Waals surface area contributed by atoms with Crippen LogP contribution in [0.3, 0.4) is 0 Å². The van der Waals surface area contributed by atoms with E-state index in [4.69, 9.17) is 4.74 Å². The molecule has 0 saturated heterocycles. The first-order chi connectivity index (χ1) is 12.2. The lowest BCUT2D eigenvalue weighted by Crippen LogP contribution is -2.21. The van der Waals surface area contributed by atoms with Crippen molar-refractivity contribution in [2.24, 2.45) is 0 Å². The fourth-order valence-corrected chi connectivity index (χ4v) is 2.67. The number of carbonyl (C=O) groups excluding carboxylic acids is 1. The van der Waals surface area contributed by atoms with Crippen LogP contribution in [0.2, 0.25) is 0 Å². The van der Waals surface area contributed by atoms with Crippen molar-refractivity contribution in [2.75, 3.05) is 23.8 Å². The summed E-state index contributed by atoms with van der Waals surface area (Å²) in [6.45, 7) is 3.18. The molecule has 0 radical (unpaired) electrons. The van der Waals surface area contributed by atoms with Gasteiger partial charge >= 0.3 is 0 Å². The van der Waals surface area contributed by atoms with E-state index in [0.717, 1.165) is 33.7 Å². The van der Waals surface area contributed by atoms with Gasteiger partial charge in [0.05, 0.1) is 13.2 Å². The molecule has 0 atom stereocenters. The molecular formula is C20H25IN2O2. The first-order valence-corrected chi connectivity index (χ1v) is 9.77. The van der Waals surface area contributed by atoms with Crippen LogP contribution in [-0.4, -0.2) is 19.1 Å². The van der Waals surface area contributed by atoms with Crippen LogP contribution in [0.15, 0.2) is 48.5 Å². The highest BCUT2D eigenvalue weighted by Crippen LogP contribution is 2.16. The highest BCUT2D eigenvalue weighted by atomic mass is 127. The molecule has 0 heterocycles. The molecule has 1 amide bonds. The molecule has 0 spiro atoms. The number of hydrogen-bond acceptors (Lipinski definition) is 3. The van der Waals surface area contributed by atoms with Gasteiger partial charge in [0.2, 0.25) is 5.91 Å². The van der Waals surface area contributed by atoms with Crippen molar-refractivity contribution < 1.29 is 9.53 Å². The van der Waals surface area contributed by atoms with E-state index in [1.165, 1.54) is 19.3 Å². The zero-order valence-electron chi connectivity index (χ0n) is 14.6. The Balaban J connectivity index is 1.69. The molecule has 25 heavy (non-hydrogen) atoms. The molecule has 0 saturated carbocycles. The lowest BCUT2D eigenvalue weighted by Gasteiger charge is -2.09. The largest absolute Gasteiger partial charge is 0.494 e. The maximum absolute atomic E-state index is 12.0.